The highest BCUT2D eigenvalue weighted by Crippen LogP contribution is 2.20. The lowest BCUT2D eigenvalue weighted by molar-refractivity contribution is -0.142. The minimum atomic E-state index is -1.03. The average molecular weight is 338 g/mol. The molecule has 3 heterocycles. The molecule has 7 nitrogen and oxygen atoms in total. The van der Waals surface area contributed by atoms with Crippen molar-refractivity contribution < 1.29 is 24.2 Å². The molecule has 0 spiro atoms. The molecule has 124 valence electrons. The lowest BCUT2D eigenvalue weighted by atomic mass is 10.2. The Kier molecular flexibility index (Phi) is 4.63. The van der Waals surface area contributed by atoms with E-state index in [1.165, 1.54) is 6.07 Å². The number of carboxylic acid groups (broad SMARTS) is 1. The topological polar surface area (TPSA) is 87.2 Å². The number of nitrogens with zero attached hydrogens (tertiary/aromatic N) is 2. The zero-order valence-corrected chi connectivity index (χ0v) is 13.4. The summed E-state index contributed by atoms with van der Waals surface area (Å²) in [5, 5.41) is 8.92. The summed E-state index contributed by atoms with van der Waals surface area (Å²) < 4.78 is 5.41. The van der Waals surface area contributed by atoms with Gasteiger partial charge in [-0.2, -0.15) is 0 Å². The second kappa shape index (κ2) is 6.67. The maximum absolute atomic E-state index is 12.4. The van der Waals surface area contributed by atoms with Crippen molar-refractivity contribution in [1.29, 1.82) is 0 Å². The molecule has 1 aromatic rings. The van der Waals surface area contributed by atoms with Crippen LogP contribution in [-0.4, -0.2) is 71.6 Å². The third kappa shape index (κ3) is 3.37. The zero-order valence-electron chi connectivity index (χ0n) is 12.6. The van der Waals surface area contributed by atoms with E-state index in [4.69, 9.17) is 9.84 Å². The van der Waals surface area contributed by atoms with E-state index in [9.17, 15) is 14.4 Å². The second-order valence-electron chi connectivity index (χ2n) is 5.59. The van der Waals surface area contributed by atoms with Crippen molar-refractivity contribution in [2.75, 3.05) is 32.8 Å². The fraction of sp³-hybridized carbons (Fsp3) is 0.533. The Bertz CT molecular complexity index is 615. The number of rotatable bonds is 3. The van der Waals surface area contributed by atoms with Crippen molar-refractivity contribution in [1.82, 2.24) is 9.80 Å². The summed E-state index contributed by atoms with van der Waals surface area (Å²) in [5.41, 5.74) is 0. The molecule has 2 saturated heterocycles. The van der Waals surface area contributed by atoms with E-state index in [1.54, 1.807) is 15.9 Å². The van der Waals surface area contributed by atoms with Gasteiger partial charge in [-0.1, -0.05) is 0 Å². The number of hydrogen-bond donors (Lipinski definition) is 1. The van der Waals surface area contributed by atoms with Gasteiger partial charge in [0.15, 0.2) is 0 Å². The van der Waals surface area contributed by atoms with Gasteiger partial charge in [0.25, 0.3) is 11.8 Å². The number of piperazine rings is 1. The van der Waals surface area contributed by atoms with Crippen LogP contribution >= 0.6 is 11.3 Å². The van der Waals surface area contributed by atoms with E-state index in [1.807, 2.05) is 0 Å². The van der Waals surface area contributed by atoms with E-state index in [0.717, 1.165) is 24.2 Å². The fourth-order valence-corrected chi connectivity index (χ4v) is 3.64. The first-order chi connectivity index (χ1) is 11.1. The molecule has 1 atom stereocenters. The molecule has 1 unspecified atom stereocenters. The van der Waals surface area contributed by atoms with Crippen LogP contribution in [0.25, 0.3) is 0 Å². The third-order valence-electron chi connectivity index (χ3n) is 4.11. The summed E-state index contributed by atoms with van der Waals surface area (Å²) in [6.45, 7) is 2.53. The van der Waals surface area contributed by atoms with E-state index in [2.05, 4.69) is 0 Å². The number of aromatic carboxylic acids is 1. The van der Waals surface area contributed by atoms with Crippen LogP contribution in [0, 0.1) is 0 Å². The maximum Gasteiger partial charge on any atom is 0.345 e. The summed E-state index contributed by atoms with van der Waals surface area (Å²) >= 11 is 0.979. The smallest absolute Gasteiger partial charge is 0.345 e. The van der Waals surface area contributed by atoms with Crippen molar-refractivity contribution >= 4 is 29.1 Å². The highest BCUT2D eigenvalue weighted by atomic mass is 32.1. The lowest BCUT2D eigenvalue weighted by Crippen LogP contribution is -2.52. The lowest BCUT2D eigenvalue weighted by Gasteiger charge is -2.35. The average Bonchev–Trinajstić information content (AvgIpc) is 3.25. The van der Waals surface area contributed by atoms with Gasteiger partial charge in [0.1, 0.15) is 11.0 Å². The molecular weight excluding hydrogens is 320 g/mol. The van der Waals surface area contributed by atoms with E-state index in [-0.39, 0.29) is 22.8 Å². The fourth-order valence-electron chi connectivity index (χ4n) is 2.83. The second-order valence-corrected chi connectivity index (χ2v) is 6.67. The minimum absolute atomic E-state index is 0.0129. The molecule has 0 radical (unpaired) electrons. The van der Waals surface area contributed by atoms with Gasteiger partial charge >= 0.3 is 5.97 Å². The molecule has 3 rings (SSSR count). The molecule has 2 amide bonds. The van der Waals surface area contributed by atoms with Crippen LogP contribution in [0.5, 0.6) is 0 Å². The summed E-state index contributed by atoms with van der Waals surface area (Å²) in [6, 6.07) is 2.98. The van der Waals surface area contributed by atoms with Crippen LogP contribution in [0.1, 0.15) is 32.2 Å². The van der Waals surface area contributed by atoms with E-state index >= 15 is 0 Å². The Morgan fingerprint density at radius 2 is 1.74 bits per heavy atom. The largest absolute Gasteiger partial charge is 0.477 e. The SMILES string of the molecule is O=C(O)c1ccc(C(=O)N2CCN(C(=O)C3CCCO3)CC2)s1. The molecular formula is C15H18N2O5S. The van der Waals surface area contributed by atoms with Crippen molar-refractivity contribution in [3.63, 3.8) is 0 Å². The number of thiophene rings is 1. The molecule has 0 aromatic carbocycles. The Hall–Kier alpha value is -1.93. The molecule has 1 N–H and O–H groups in total. The zero-order chi connectivity index (χ0) is 16.4. The van der Waals surface area contributed by atoms with Gasteiger partial charge in [0.05, 0.1) is 4.88 Å². The number of carbonyl (C=O) groups excluding carboxylic acids is 2. The molecule has 0 saturated carbocycles. The van der Waals surface area contributed by atoms with Crippen LogP contribution in [0.2, 0.25) is 0 Å². The quantitative estimate of drug-likeness (QED) is 0.885. The van der Waals surface area contributed by atoms with Gasteiger partial charge < -0.3 is 19.6 Å². The first-order valence-corrected chi connectivity index (χ1v) is 8.40. The standard InChI is InChI=1S/C15H18N2O5S/c18-13(10-2-1-9-22-10)16-5-7-17(8-6-16)14(19)11-3-4-12(23-11)15(20)21/h3-4,10H,1-2,5-9H2,(H,20,21). The van der Waals surface area contributed by atoms with Gasteiger partial charge in [-0.05, 0) is 25.0 Å². The van der Waals surface area contributed by atoms with Gasteiger partial charge in [0, 0.05) is 32.8 Å². The molecule has 8 heteroatoms. The normalized spacial score (nSPS) is 21.5. The first kappa shape index (κ1) is 15.9. The maximum atomic E-state index is 12.4. The van der Waals surface area contributed by atoms with Crippen LogP contribution in [0.3, 0.4) is 0 Å². The molecule has 0 bridgehead atoms. The highest BCUT2D eigenvalue weighted by Gasteiger charge is 2.31. The van der Waals surface area contributed by atoms with Gasteiger partial charge in [-0.25, -0.2) is 4.79 Å². The summed E-state index contributed by atoms with van der Waals surface area (Å²) in [6.07, 6.45) is 1.36. The van der Waals surface area contributed by atoms with Crippen LogP contribution in [0.15, 0.2) is 12.1 Å². The molecule has 1 aromatic heterocycles. The molecule has 23 heavy (non-hydrogen) atoms. The number of hydrogen-bond acceptors (Lipinski definition) is 5. The third-order valence-corrected chi connectivity index (χ3v) is 5.17. The van der Waals surface area contributed by atoms with Crippen LogP contribution < -0.4 is 0 Å². The number of ether oxygens (including phenoxy) is 1. The molecule has 2 aliphatic heterocycles. The van der Waals surface area contributed by atoms with Crippen molar-refractivity contribution in [2.24, 2.45) is 0 Å². The van der Waals surface area contributed by atoms with Gasteiger partial charge in [-0.15, -0.1) is 11.3 Å². The molecule has 2 fully saturated rings. The predicted octanol–water partition coefficient (Wildman–Crippen LogP) is 0.910. The predicted molar refractivity (Wildman–Crippen MR) is 82.7 cm³/mol. The molecule has 0 aliphatic carbocycles. The van der Waals surface area contributed by atoms with Crippen molar-refractivity contribution in [2.45, 2.75) is 18.9 Å². The van der Waals surface area contributed by atoms with E-state index in [0.29, 0.717) is 37.7 Å². The monoisotopic (exact) mass is 338 g/mol. The Morgan fingerprint density at radius 1 is 1.09 bits per heavy atom. The molecule has 2 aliphatic rings. The summed E-state index contributed by atoms with van der Waals surface area (Å²) in [4.78, 5) is 39.5. The van der Waals surface area contributed by atoms with Crippen molar-refractivity contribution in [3.05, 3.63) is 21.9 Å². The first-order valence-electron chi connectivity index (χ1n) is 7.59. The number of carbonyl (C=O) groups is 3. The Labute approximate surface area is 137 Å². The number of carboxylic acids is 1. The summed E-state index contributed by atoms with van der Waals surface area (Å²) in [5.74, 6) is -1.19. The van der Waals surface area contributed by atoms with Gasteiger partial charge in [-0.3, -0.25) is 9.59 Å². The van der Waals surface area contributed by atoms with E-state index < -0.39 is 5.97 Å². The van der Waals surface area contributed by atoms with Crippen LogP contribution in [-0.2, 0) is 9.53 Å². The Balaban J connectivity index is 1.56. The Morgan fingerprint density at radius 3 is 2.30 bits per heavy atom. The number of amides is 2. The summed E-state index contributed by atoms with van der Waals surface area (Å²) in [7, 11) is 0. The highest BCUT2D eigenvalue weighted by molar-refractivity contribution is 7.15. The minimum Gasteiger partial charge on any atom is -0.477 e. The van der Waals surface area contributed by atoms with Crippen LogP contribution in [0.4, 0.5) is 0 Å². The van der Waals surface area contributed by atoms with Gasteiger partial charge in [0.2, 0.25) is 0 Å². The van der Waals surface area contributed by atoms with Crippen molar-refractivity contribution in [3.8, 4) is 0 Å².